The van der Waals surface area contributed by atoms with Crippen LogP contribution in [0.15, 0.2) is 11.4 Å². The highest BCUT2D eigenvalue weighted by molar-refractivity contribution is 7.13. The molecule has 0 bridgehead atoms. The number of anilines is 1. The molecule has 0 unspecified atom stereocenters. The SMILES string of the molecule is CCOC(=O)c1cc(N(C(=O)OC(C)(C)C)C2CCC(F)(F)CC2)nc(-c2nc(C)cs2)n1. The number of aromatic nitrogens is 3. The van der Waals surface area contributed by atoms with Crippen LogP contribution in [0.2, 0.25) is 0 Å². The summed E-state index contributed by atoms with van der Waals surface area (Å²) in [7, 11) is 0. The zero-order valence-electron chi connectivity index (χ0n) is 19.4. The van der Waals surface area contributed by atoms with E-state index in [0.717, 1.165) is 5.69 Å². The molecule has 180 valence electrons. The molecular formula is C22H28F2N4O4S. The van der Waals surface area contributed by atoms with Crippen LogP contribution in [0.3, 0.4) is 0 Å². The van der Waals surface area contributed by atoms with Gasteiger partial charge in [-0.3, -0.25) is 4.90 Å². The third kappa shape index (κ3) is 6.43. The number of rotatable bonds is 5. The fourth-order valence-corrected chi connectivity index (χ4v) is 4.17. The van der Waals surface area contributed by atoms with E-state index in [4.69, 9.17) is 9.47 Å². The molecule has 1 saturated carbocycles. The van der Waals surface area contributed by atoms with Gasteiger partial charge >= 0.3 is 12.1 Å². The van der Waals surface area contributed by atoms with E-state index in [1.54, 1.807) is 27.7 Å². The topological polar surface area (TPSA) is 94.5 Å². The van der Waals surface area contributed by atoms with E-state index in [9.17, 15) is 18.4 Å². The first-order valence-corrected chi connectivity index (χ1v) is 11.7. The number of hydrogen-bond acceptors (Lipinski definition) is 8. The Kier molecular flexibility index (Phi) is 7.30. The van der Waals surface area contributed by atoms with E-state index >= 15 is 0 Å². The number of nitrogens with zero attached hydrogens (tertiary/aromatic N) is 4. The number of halogens is 2. The van der Waals surface area contributed by atoms with Gasteiger partial charge in [0.2, 0.25) is 5.92 Å². The maximum atomic E-state index is 13.8. The van der Waals surface area contributed by atoms with Crippen LogP contribution in [0.25, 0.3) is 10.8 Å². The van der Waals surface area contributed by atoms with Crippen molar-refractivity contribution in [2.45, 2.75) is 77.9 Å². The van der Waals surface area contributed by atoms with Gasteiger partial charge in [0.05, 0.1) is 6.61 Å². The van der Waals surface area contributed by atoms with Crippen molar-refractivity contribution in [1.29, 1.82) is 0 Å². The van der Waals surface area contributed by atoms with Crippen LogP contribution in [-0.4, -0.2) is 51.2 Å². The number of carbonyl (C=O) groups is 2. The number of hydrogen-bond donors (Lipinski definition) is 0. The van der Waals surface area contributed by atoms with Crippen LogP contribution in [0.1, 0.15) is 69.6 Å². The van der Waals surface area contributed by atoms with Crippen LogP contribution in [0.4, 0.5) is 19.4 Å². The van der Waals surface area contributed by atoms with Crippen molar-refractivity contribution in [3.05, 3.63) is 22.8 Å². The highest BCUT2D eigenvalue weighted by atomic mass is 32.1. The van der Waals surface area contributed by atoms with Crippen LogP contribution in [-0.2, 0) is 9.47 Å². The smallest absolute Gasteiger partial charge is 0.416 e. The molecular weight excluding hydrogens is 454 g/mol. The van der Waals surface area contributed by atoms with Crippen molar-refractivity contribution in [3.63, 3.8) is 0 Å². The summed E-state index contributed by atoms with van der Waals surface area (Å²) in [6.07, 6.45) is -1.31. The zero-order valence-corrected chi connectivity index (χ0v) is 20.2. The van der Waals surface area contributed by atoms with Crippen LogP contribution in [0, 0.1) is 6.92 Å². The maximum Gasteiger partial charge on any atom is 0.416 e. The van der Waals surface area contributed by atoms with E-state index in [1.807, 2.05) is 12.3 Å². The van der Waals surface area contributed by atoms with Gasteiger partial charge in [-0.2, -0.15) is 0 Å². The monoisotopic (exact) mass is 482 g/mol. The average Bonchev–Trinajstić information content (AvgIpc) is 3.14. The number of alkyl halides is 2. The van der Waals surface area contributed by atoms with Crippen molar-refractivity contribution in [3.8, 4) is 10.8 Å². The predicted octanol–water partition coefficient (Wildman–Crippen LogP) is 5.40. The Balaban J connectivity index is 2.09. The number of amides is 1. The minimum absolute atomic E-state index is 0.0561. The van der Waals surface area contributed by atoms with Gasteiger partial charge in [0.1, 0.15) is 11.4 Å². The fourth-order valence-electron chi connectivity index (χ4n) is 3.44. The number of thiazole rings is 1. The van der Waals surface area contributed by atoms with Crippen molar-refractivity contribution < 1.29 is 27.8 Å². The molecule has 3 rings (SSSR count). The summed E-state index contributed by atoms with van der Waals surface area (Å²) < 4.78 is 38.3. The Morgan fingerprint density at radius 1 is 1.21 bits per heavy atom. The lowest BCUT2D eigenvalue weighted by molar-refractivity contribution is -0.0388. The number of esters is 1. The molecule has 33 heavy (non-hydrogen) atoms. The zero-order chi connectivity index (χ0) is 24.4. The summed E-state index contributed by atoms with van der Waals surface area (Å²) in [5.41, 5.74) is -0.125. The van der Waals surface area contributed by atoms with Gasteiger partial charge in [-0.05, 0) is 47.5 Å². The van der Waals surface area contributed by atoms with Gasteiger partial charge in [0.15, 0.2) is 16.5 Å². The molecule has 1 aliphatic carbocycles. The first kappa shape index (κ1) is 24.9. The van der Waals surface area contributed by atoms with Gasteiger partial charge < -0.3 is 9.47 Å². The largest absolute Gasteiger partial charge is 0.461 e. The third-order valence-electron chi connectivity index (χ3n) is 4.90. The summed E-state index contributed by atoms with van der Waals surface area (Å²) >= 11 is 1.29. The first-order valence-electron chi connectivity index (χ1n) is 10.8. The molecule has 0 aliphatic heterocycles. The Morgan fingerprint density at radius 3 is 2.42 bits per heavy atom. The highest BCUT2D eigenvalue weighted by Crippen LogP contribution is 2.37. The number of ether oxygens (including phenoxy) is 2. The molecule has 0 radical (unpaired) electrons. The second-order valence-corrected chi connectivity index (χ2v) is 9.75. The van der Waals surface area contributed by atoms with Crippen molar-refractivity contribution >= 4 is 29.2 Å². The molecule has 1 amide bonds. The summed E-state index contributed by atoms with van der Waals surface area (Å²) in [6.45, 7) is 8.76. The Labute approximate surface area is 195 Å². The lowest BCUT2D eigenvalue weighted by Gasteiger charge is -2.37. The maximum absolute atomic E-state index is 13.8. The summed E-state index contributed by atoms with van der Waals surface area (Å²) in [5.74, 6) is -3.24. The molecule has 2 aromatic heterocycles. The summed E-state index contributed by atoms with van der Waals surface area (Å²) in [4.78, 5) is 40.1. The lowest BCUT2D eigenvalue weighted by atomic mass is 9.91. The Morgan fingerprint density at radius 2 is 1.88 bits per heavy atom. The van der Waals surface area contributed by atoms with E-state index in [2.05, 4.69) is 15.0 Å². The van der Waals surface area contributed by atoms with E-state index in [1.165, 1.54) is 22.3 Å². The molecule has 1 fully saturated rings. The number of aryl methyl sites for hydroxylation is 1. The van der Waals surface area contributed by atoms with Gasteiger partial charge in [-0.1, -0.05) is 0 Å². The normalized spacial score (nSPS) is 16.3. The second kappa shape index (κ2) is 9.66. The predicted molar refractivity (Wildman–Crippen MR) is 120 cm³/mol. The van der Waals surface area contributed by atoms with Gasteiger partial charge in [-0.25, -0.2) is 33.3 Å². The van der Waals surface area contributed by atoms with Crippen molar-refractivity contribution in [2.24, 2.45) is 0 Å². The van der Waals surface area contributed by atoms with E-state index in [0.29, 0.717) is 5.01 Å². The van der Waals surface area contributed by atoms with Crippen LogP contribution >= 0.6 is 11.3 Å². The molecule has 11 heteroatoms. The fraction of sp³-hybridized carbons (Fsp3) is 0.591. The molecule has 0 spiro atoms. The van der Waals surface area contributed by atoms with E-state index < -0.39 is 29.6 Å². The highest BCUT2D eigenvalue weighted by Gasteiger charge is 2.40. The van der Waals surface area contributed by atoms with Crippen molar-refractivity contribution in [1.82, 2.24) is 15.0 Å². The van der Waals surface area contributed by atoms with Gasteiger partial charge in [0, 0.05) is 36.0 Å². The molecule has 1 aliphatic rings. The summed E-state index contributed by atoms with van der Waals surface area (Å²) in [5, 5.41) is 2.27. The van der Waals surface area contributed by atoms with Gasteiger partial charge in [0.25, 0.3) is 0 Å². The molecule has 0 atom stereocenters. The molecule has 8 nitrogen and oxygen atoms in total. The Hall–Kier alpha value is -2.69. The van der Waals surface area contributed by atoms with Gasteiger partial charge in [-0.15, -0.1) is 11.3 Å². The molecule has 0 saturated heterocycles. The van der Waals surface area contributed by atoms with E-state index in [-0.39, 0.29) is 49.6 Å². The number of carbonyl (C=O) groups excluding carboxylic acids is 2. The quantitative estimate of drug-likeness (QED) is 0.526. The minimum Gasteiger partial charge on any atom is -0.461 e. The Bertz CT molecular complexity index is 1010. The molecule has 2 aromatic rings. The standard InChI is InChI=1S/C22H28F2N4O4S/c1-6-31-19(29)15-11-16(27-17(26-15)18-25-13(2)12-33-18)28(20(30)32-21(3,4)5)14-7-9-22(23,24)10-8-14/h11-12,14H,6-10H2,1-5H3. The molecule has 0 N–H and O–H groups in total. The average molecular weight is 483 g/mol. The lowest BCUT2D eigenvalue weighted by Crippen LogP contribution is -2.47. The molecule has 2 heterocycles. The third-order valence-corrected chi connectivity index (χ3v) is 5.85. The summed E-state index contributed by atoms with van der Waals surface area (Å²) in [6, 6.07) is 0.758. The molecule has 0 aromatic carbocycles. The van der Waals surface area contributed by atoms with Crippen LogP contribution in [0.5, 0.6) is 0 Å². The minimum atomic E-state index is -2.78. The first-order chi connectivity index (χ1) is 15.4. The van der Waals surface area contributed by atoms with Crippen LogP contribution < -0.4 is 4.90 Å². The van der Waals surface area contributed by atoms with Crippen molar-refractivity contribution in [2.75, 3.05) is 11.5 Å². The second-order valence-electron chi connectivity index (χ2n) is 8.89.